The lowest BCUT2D eigenvalue weighted by Crippen LogP contribution is -2.56. The molecule has 2 aliphatic carbocycles. The van der Waals surface area contributed by atoms with E-state index in [0.29, 0.717) is 34.0 Å². The van der Waals surface area contributed by atoms with Gasteiger partial charge in [-0.05, 0) is 89.9 Å². The second-order valence-electron chi connectivity index (χ2n) is 14.9. The lowest BCUT2D eigenvalue weighted by atomic mass is 9.77. The highest BCUT2D eigenvalue weighted by atomic mass is 15.3. The molecule has 3 fully saturated rings. The number of likely N-dealkylation sites (tertiary alicyclic amines) is 2. The zero-order chi connectivity index (χ0) is 22.9. The summed E-state index contributed by atoms with van der Waals surface area (Å²) in [6.07, 6.45) is 10.6. The Morgan fingerprint density at radius 2 is 1.13 bits per heavy atom. The van der Waals surface area contributed by atoms with Crippen LogP contribution in [0.15, 0.2) is 12.2 Å². The Hall–Kier alpha value is -0.340. The first-order valence-electron chi connectivity index (χ1n) is 12.7. The Balaban J connectivity index is 0.000000171. The molecule has 0 spiro atoms. The average Bonchev–Trinajstić information content (AvgIpc) is 3.30. The second-order valence-corrected chi connectivity index (χ2v) is 14.9. The monoisotopic (exact) mass is 416 g/mol. The molecule has 1 saturated carbocycles. The van der Waals surface area contributed by atoms with Crippen molar-refractivity contribution in [3.8, 4) is 0 Å². The van der Waals surface area contributed by atoms with Crippen LogP contribution in [0.25, 0.3) is 0 Å². The molecule has 0 aromatic heterocycles. The van der Waals surface area contributed by atoms with Gasteiger partial charge in [-0.25, -0.2) is 0 Å². The normalized spacial score (nSPS) is 37.1. The highest BCUT2D eigenvalue weighted by Gasteiger charge is 2.53. The van der Waals surface area contributed by atoms with E-state index in [1.165, 1.54) is 25.7 Å². The van der Waals surface area contributed by atoms with Gasteiger partial charge in [0.25, 0.3) is 0 Å². The summed E-state index contributed by atoms with van der Waals surface area (Å²) < 4.78 is 0. The van der Waals surface area contributed by atoms with Gasteiger partial charge in [0, 0.05) is 35.2 Å². The lowest BCUT2D eigenvalue weighted by molar-refractivity contribution is -0.0101. The minimum atomic E-state index is 0.294. The predicted molar refractivity (Wildman–Crippen MR) is 132 cm³/mol. The largest absolute Gasteiger partial charge is 0.292 e. The first-order valence-corrected chi connectivity index (χ1v) is 12.7. The standard InChI is InChI=1S/C14H27N.C14H25N/c2*1-13(2,3)12-10-7-8-11(9-10)15(12)14(4,5)6/h10-12H,7-9H2,1-6H3;7-8,10-12H,9H2,1-6H3. The van der Waals surface area contributed by atoms with Crippen LogP contribution in [-0.4, -0.2) is 45.0 Å². The summed E-state index contributed by atoms with van der Waals surface area (Å²) in [5, 5.41) is 0. The predicted octanol–water partition coefficient (Wildman–Crippen LogP) is 7.14. The fraction of sp³-hybridized carbons (Fsp3) is 0.929. The summed E-state index contributed by atoms with van der Waals surface area (Å²) >= 11 is 0. The van der Waals surface area contributed by atoms with E-state index in [2.05, 4.69) is 105 Å². The maximum atomic E-state index is 2.82. The van der Waals surface area contributed by atoms with Crippen molar-refractivity contribution in [1.29, 1.82) is 0 Å². The SMILES string of the molecule is CC(C)(C)C1C2C=CC(C2)N1C(C)(C)C.CC(C)(C)C1C2CCC(C2)N1C(C)(C)C. The zero-order valence-corrected chi connectivity index (χ0v) is 22.3. The van der Waals surface area contributed by atoms with Crippen LogP contribution >= 0.6 is 0 Å². The third-order valence-corrected chi connectivity index (χ3v) is 8.07. The molecule has 2 aliphatic heterocycles. The highest BCUT2D eigenvalue weighted by molar-refractivity contribution is 5.20. The van der Waals surface area contributed by atoms with Crippen molar-refractivity contribution < 1.29 is 0 Å². The number of rotatable bonds is 0. The van der Waals surface area contributed by atoms with Crippen molar-refractivity contribution in [3.05, 3.63) is 12.2 Å². The molecular weight excluding hydrogens is 364 g/mol. The van der Waals surface area contributed by atoms with E-state index in [4.69, 9.17) is 0 Å². The maximum absolute atomic E-state index is 2.82. The molecule has 2 nitrogen and oxygen atoms in total. The van der Waals surface area contributed by atoms with Crippen LogP contribution < -0.4 is 0 Å². The topological polar surface area (TPSA) is 6.48 Å². The Bertz CT molecular complexity index is 580. The van der Waals surface area contributed by atoms with Gasteiger partial charge in [-0.1, -0.05) is 53.7 Å². The molecule has 0 aromatic rings. The number of piperidine rings is 1. The Morgan fingerprint density at radius 1 is 0.600 bits per heavy atom. The van der Waals surface area contributed by atoms with E-state index < -0.39 is 0 Å². The molecule has 2 heterocycles. The van der Waals surface area contributed by atoms with E-state index in [0.717, 1.165) is 23.9 Å². The van der Waals surface area contributed by atoms with Gasteiger partial charge in [-0.3, -0.25) is 9.80 Å². The van der Waals surface area contributed by atoms with Crippen molar-refractivity contribution in [2.45, 2.75) is 144 Å². The molecule has 30 heavy (non-hydrogen) atoms. The van der Waals surface area contributed by atoms with E-state index in [-0.39, 0.29) is 0 Å². The third kappa shape index (κ3) is 4.56. The molecule has 174 valence electrons. The van der Waals surface area contributed by atoms with Crippen molar-refractivity contribution in [2.24, 2.45) is 22.7 Å². The van der Waals surface area contributed by atoms with Crippen LogP contribution in [-0.2, 0) is 0 Å². The summed E-state index contributed by atoms with van der Waals surface area (Å²) in [7, 11) is 0. The summed E-state index contributed by atoms with van der Waals surface area (Å²) in [6, 6.07) is 3.09. The summed E-state index contributed by atoms with van der Waals surface area (Å²) in [5.41, 5.74) is 1.46. The molecule has 2 heteroatoms. The fourth-order valence-electron chi connectivity index (χ4n) is 7.61. The third-order valence-electron chi connectivity index (χ3n) is 8.07. The summed E-state index contributed by atoms with van der Waals surface area (Å²) in [6.45, 7) is 28.6. The first-order chi connectivity index (χ1) is 13.4. The molecule has 4 bridgehead atoms. The molecule has 6 atom stereocenters. The van der Waals surface area contributed by atoms with Crippen LogP contribution in [0, 0.1) is 22.7 Å². The number of fused-ring (bicyclic) bond motifs is 4. The molecular formula is C28H52N2. The van der Waals surface area contributed by atoms with Gasteiger partial charge < -0.3 is 0 Å². The lowest BCUT2D eigenvalue weighted by Gasteiger charge is -2.49. The van der Waals surface area contributed by atoms with E-state index in [1.54, 1.807) is 0 Å². The van der Waals surface area contributed by atoms with E-state index in [9.17, 15) is 0 Å². The second kappa shape index (κ2) is 7.62. The van der Waals surface area contributed by atoms with Gasteiger partial charge in [0.2, 0.25) is 0 Å². The molecule has 0 N–H and O–H groups in total. The highest BCUT2D eigenvalue weighted by Crippen LogP contribution is 2.51. The Labute approximate surface area is 188 Å². The molecule has 0 aromatic carbocycles. The minimum Gasteiger partial charge on any atom is -0.292 e. The molecule has 4 aliphatic rings. The summed E-state index contributed by atoms with van der Waals surface area (Å²) in [5.74, 6) is 1.75. The summed E-state index contributed by atoms with van der Waals surface area (Å²) in [4.78, 5) is 5.55. The molecule has 6 unspecified atom stereocenters. The van der Waals surface area contributed by atoms with Crippen LogP contribution in [0.1, 0.15) is 109 Å². The minimum absolute atomic E-state index is 0.294. The fourth-order valence-corrected chi connectivity index (χ4v) is 7.61. The Morgan fingerprint density at radius 3 is 1.53 bits per heavy atom. The smallest absolute Gasteiger partial charge is 0.0293 e. The number of hydrogen-bond donors (Lipinski definition) is 0. The average molecular weight is 417 g/mol. The molecule has 2 saturated heterocycles. The van der Waals surface area contributed by atoms with Crippen LogP contribution in [0.5, 0.6) is 0 Å². The van der Waals surface area contributed by atoms with Gasteiger partial charge in [-0.2, -0.15) is 0 Å². The van der Waals surface area contributed by atoms with Crippen molar-refractivity contribution in [2.75, 3.05) is 0 Å². The Kier molecular flexibility index (Phi) is 6.17. The van der Waals surface area contributed by atoms with E-state index >= 15 is 0 Å². The van der Waals surface area contributed by atoms with Gasteiger partial charge in [0.15, 0.2) is 0 Å². The van der Waals surface area contributed by atoms with E-state index in [1.807, 2.05) is 0 Å². The van der Waals surface area contributed by atoms with Crippen molar-refractivity contribution >= 4 is 0 Å². The van der Waals surface area contributed by atoms with Crippen LogP contribution in [0.4, 0.5) is 0 Å². The quantitative estimate of drug-likeness (QED) is 0.387. The van der Waals surface area contributed by atoms with Gasteiger partial charge in [0.05, 0.1) is 0 Å². The van der Waals surface area contributed by atoms with Crippen LogP contribution in [0.3, 0.4) is 0 Å². The number of hydrogen-bond acceptors (Lipinski definition) is 2. The number of nitrogens with zero attached hydrogens (tertiary/aromatic N) is 2. The molecule has 4 rings (SSSR count). The van der Waals surface area contributed by atoms with Gasteiger partial charge in [0.1, 0.15) is 0 Å². The first kappa shape index (κ1) is 24.3. The van der Waals surface area contributed by atoms with Crippen molar-refractivity contribution in [3.63, 3.8) is 0 Å². The zero-order valence-electron chi connectivity index (χ0n) is 22.3. The molecule has 0 amide bonds. The van der Waals surface area contributed by atoms with Gasteiger partial charge in [-0.15, -0.1) is 0 Å². The van der Waals surface area contributed by atoms with Crippen LogP contribution in [0.2, 0.25) is 0 Å². The maximum Gasteiger partial charge on any atom is 0.0293 e. The van der Waals surface area contributed by atoms with Gasteiger partial charge >= 0.3 is 0 Å². The van der Waals surface area contributed by atoms with Crippen molar-refractivity contribution in [1.82, 2.24) is 9.80 Å². The molecule has 0 radical (unpaired) electrons.